The first kappa shape index (κ1) is 9.47. The van der Waals surface area contributed by atoms with Crippen molar-refractivity contribution in [3.05, 3.63) is 0 Å². The normalized spacial score (nSPS) is 27.0. The van der Waals surface area contributed by atoms with Gasteiger partial charge >= 0.3 is 0 Å². The first-order valence-electron chi connectivity index (χ1n) is 5.48. The summed E-state index contributed by atoms with van der Waals surface area (Å²) in [6.45, 7) is 9.20. The zero-order valence-electron chi connectivity index (χ0n) is 8.97. The summed E-state index contributed by atoms with van der Waals surface area (Å²) in [7, 11) is 0. The number of likely N-dealkylation sites (tertiary alicyclic amines) is 1. The third-order valence-electron chi connectivity index (χ3n) is 3.74. The highest BCUT2D eigenvalue weighted by atomic mass is 15.2. The van der Waals surface area contributed by atoms with Gasteiger partial charge in [-0.15, -0.1) is 0 Å². The fraction of sp³-hybridized carbons (Fsp3) is 1.00. The van der Waals surface area contributed by atoms with Gasteiger partial charge < -0.3 is 10.6 Å². The van der Waals surface area contributed by atoms with Crippen molar-refractivity contribution in [2.45, 2.75) is 33.1 Å². The molecular formula is C11H22N2. The van der Waals surface area contributed by atoms with E-state index in [4.69, 9.17) is 5.73 Å². The number of nitrogens with two attached hydrogens (primary N) is 1. The Hall–Kier alpha value is -0.0800. The van der Waals surface area contributed by atoms with Crippen LogP contribution in [-0.2, 0) is 0 Å². The molecular weight excluding hydrogens is 160 g/mol. The SMILES string of the molecule is CC(C)(CN)CN1CC2(CCC2)C1. The fourth-order valence-electron chi connectivity index (χ4n) is 2.68. The summed E-state index contributed by atoms with van der Waals surface area (Å²) >= 11 is 0. The molecule has 2 nitrogen and oxygen atoms in total. The molecule has 13 heavy (non-hydrogen) atoms. The molecule has 1 aliphatic heterocycles. The Kier molecular flexibility index (Phi) is 2.16. The highest BCUT2D eigenvalue weighted by molar-refractivity contribution is 5.01. The van der Waals surface area contributed by atoms with Crippen LogP contribution in [0.1, 0.15) is 33.1 Å². The Morgan fingerprint density at radius 1 is 1.31 bits per heavy atom. The van der Waals surface area contributed by atoms with Crippen LogP contribution in [0.25, 0.3) is 0 Å². The summed E-state index contributed by atoms with van der Waals surface area (Å²) < 4.78 is 0. The largest absolute Gasteiger partial charge is 0.330 e. The Labute approximate surface area is 81.5 Å². The zero-order chi connectivity index (χ0) is 9.53. The van der Waals surface area contributed by atoms with Crippen LogP contribution in [0.3, 0.4) is 0 Å². The Bertz CT molecular complexity index is 186. The summed E-state index contributed by atoms with van der Waals surface area (Å²) in [6.07, 6.45) is 4.42. The average Bonchev–Trinajstić information content (AvgIpc) is 1.92. The van der Waals surface area contributed by atoms with Gasteiger partial charge in [0.15, 0.2) is 0 Å². The molecule has 2 fully saturated rings. The minimum atomic E-state index is 0.311. The second-order valence-corrected chi connectivity index (χ2v) is 5.87. The maximum Gasteiger partial charge on any atom is 0.00507 e. The first-order valence-corrected chi connectivity index (χ1v) is 5.48. The topological polar surface area (TPSA) is 29.3 Å². The van der Waals surface area contributed by atoms with Crippen LogP contribution in [0.4, 0.5) is 0 Å². The third-order valence-corrected chi connectivity index (χ3v) is 3.74. The zero-order valence-corrected chi connectivity index (χ0v) is 8.97. The molecule has 1 heterocycles. The maximum absolute atomic E-state index is 5.72. The molecule has 0 radical (unpaired) electrons. The Morgan fingerprint density at radius 3 is 2.31 bits per heavy atom. The minimum absolute atomic E-state index is 0.311. The second-order valence-electron chi connectivity index (χ2n) is 5.87. The molecule has 1 saturated heterocycles. The van der Waals surface area contributed by atoms with Crippen LogP contribution in [0, 0.1) is 10.8 Å². The third kappa shape index (κ3) is 1.75. The molecule has 2 rings (SSSR count). The molecule has 0 atom stereocenters. The van der Waals surface area contributed by atoms with Gasteiger partial charge in [-0.1, -0.05) is 20.3 Å². The van der Waals surface area contributed by atoms with Crippen LogP contribution < -0.4 is 5.73 Å². The van der Waals surface area contributed by atoms with Gasteiger partial charge in [0, 0.05) is 19.6 Å². The van der Waals surface area contributed by atoms with E-state index in [-0.39, 0.29) is 0 Å². The van der Waals surface area contributed by atoms with Crippen molar-refractivity contribution in [1.82, 2.24) is 4.90 Å². The van der Waals surface area contributed by atoms with E-state index in [0.29, 0.717) is 5.41 Å². The average molecular weight is 182 g/mol. The molecule has 1 saturated carbocycles. The van der Waals surface area contributed by atoms with Crippen LogP contribution in [0.5, 0.6) is 0 Å². The lowest BCUT2D eigenvalue weighted by Gasteiger charge is -2.57. The van der Waals surface area contributed by atoms with E-state index in [0.717, 1.165) is 12.0 Å². The molecule has 2 aliphatic rings. The molecule has 0 bridgehead atoms. The van der Waals surface area contributed by atoms with E-state index in [1.54, 1.807) is 0 Å². The number of rotatable bonds is 3. The van der Waals surface area contributed by atoms with Gasteiger partial charge in [-0.25, -0.2) is 0 Å². The van der Waals surface area contributed by atoms with E-state index < -0.39 is 0 Å². The fourth-order valence-corrected chi connectivity index (χ4v) is 2.68. The van der Waals surface area contributed by atoms with Gasteiger partial charge in [0.25, 0.3) is 0 Å². The Balaban J connectivity index is 1.74. The molecule has 0 aromatic carbocycles. The number of hydrogen-bond donors (Lipinski definition) is 1. The standard InChI is InChI=1S/C11H22N2/c1-10(2,6-12)7-13-8-11(9-13)4-3-5-11/h3-9,12H2,1-2H3. The predicted octanol–water partition coefficient (Wildman–Crippen LogP) is 1.46. The summed E-state index contributed by atoms with van der Waals surface area (Å²) in [4.78, 5) is 2.58. The van der Waals surface area contributed by atoms with E-state index in [1.165, 1.54) is 38.9 Å². The quantitative estimate of drug-likeness (QED) is 0.716. The predicted molar refractivity (Wildman–Crippen MR) is 55.6 cm³/mol. The number of nitrogens with zero attached hydrogens (tertiary/aromatic N) is 1. The van der Waals surface area contributed by atoms with Gasteiger partial charge in [0.2, 0.25) is 0 Å². The van der Waals surface area contributed by atoms with Crippen molar-refractivity contribution >= 4 is 0 Å². The minimum Gasteiger partial charge on any atom is -0.330 e. The van der Waals surface area contributed by atoms with E-state index in [9.17, 15) is 0 Å². The summed E-state index contributed by atoms with van der Waals surface area (Å²) in [5, 5.41) is 0. The lowest BCUT2D eigenvalue weighted by atomic mass is 9.63. The highest BCUT2D eigenvalue weighted by Gasteiger charge is 2.47. The van der Waals surface area contributed by atoms with Crippen molar-refractivity contribution in [2.24, 2.45) is 16.6 Å². The van der Waals surface area contributed by atoms with Crippen molar-refractivity contribution < 1.29 is 0 Å². The Morgan fingerprint density at radius 2 is 1.92 bits per heavy atom. The van der Waals surface area contributed by atoms with Gasteiger partial charge in [-0.3, -0.25) is 0 Å². The smallest absolute Gasteiger partial charge is 0.00507 e. The molecule has 76 valence electrons. The van der Waals surface area contributed by atoms with Crippen LogP contribution >= 0.6 is 0 Å². The molecule has 2 heteroatoms. The molecule has 0 unspecified atom stereocenters. The highest BCUT2D eigenvalue weighted by Crippen LogP contribution is 2.48. The maximum atomic E-state index is 5.72. The summed E-state index contributed by atoms with van der Waals surface area (Å²) in [6, 6.07) is 0. The first-order chi connectivity index (χ1) is 6.05. The van der Waals surface area contributed by atoms with Crippen LogP contribution in [-0.4, -0.2) is 31.1 Å². The van der Waals surface area contributed by atoms with E-state index in [2.05, 4.69) is 18.7 Å². The molecule has 0 amide bonds. The second kappa shape index (κ2) is 2.96. The molecule has 0 aromatic rings. The number of hydrogen-bond acceptors (Lipinski definition) is 2. The van der Waals surface area contributed by atoms with Crippen molar-refractivity contribution in [1.29, 1.82) is 0 Å². The van der Waals surface area contributed by atoms with Gasteiger partial charge in [0.05, 0.1) is 0 Å². The van der Waals surface area contributed by atoms with Crippen molar-refractivity contribution in [3.8, 4) is 0 Å². The van der Waals surface area contributed by atoms with Crippen molar-refractivity contribution in [2.75, 3.05) is 26.2 Å². The molecule has 1 aliphatic carbocycles. The summed E-state index contributed by atoms with van der Waals surface area (Å²) in [5.74, 6) is 0. The lowest BCUT2D eigenvalue weighted by Crippen LogP contribution is -2.61. The monoisotopic (exact) mass is 182 g/mol. The van der Waals surface area contributed by atoms with Gasteiger partial charge in [0.1, 0.15) is 0 Å². The lowest BCUT2D eigenvalue weighted by molar-refractivity contribution is -0.0736. The molecule has 1 spiro atoms. The molecule has 2 N–H and O–H groups in total. The summed E-state index contributed by atoms with van der Waals surface area (Å²) in [5.41, 5.74) is 6.80. The van der Waals surface area contributed by atoms with E-state index in [1.807, 2.05) is 0 Å². The molecule has 0 aromatic heterocycles. The van der Waals surface area contributed by atoms with Gasteiger partial charge in [-0.2, -0.15) is 0 Å². The van der Waals surface area contributed by atoms with Gasteiger partial charge in [-0.05, 0) is 30.2 Å². The van der Waals surface area contributed by atoms with Crippen LogP contribution in [0.2, 0.25) is 0 Å². The van der Waals surface area contributed by atoms with Crippen molar-refractivity contribution in [3.63, 3.8) is 0 Å². The van der Waals surface area contributed by atoms with E-state index >= 15 is 0 Å². The van der Waals surface area contributed by atoms with Crippen LogP contribution in [0.15, 0.2) is 0 Å².